The fourth-order valence-corrected chi connectivity index (χ4v) is 4.62. The maximum absolute atomic E-state index is 6.36. The maximum atomic E-state index is 6.36. The minimum absolute atomic E-state index is 0.0298. The van der Waals surface area contributed by atoms with Gasteiger partial charge in [-0.15, -0.1) is 0 Å². The zero-order valence-electron chi connectivity index (χ0n) is 14.8. The van der Waals surface area contributed by atoms with Crippen LogP contribution in [0.4, 0.5) is 0 Å². The highest BCUT2D eigenvalue weighted by Crippen LogP contribution is 2.47. The summed E-state index contributed by atoms with van der Waals surface area (Å²) in [5.41, 5.74) is 3.86. The van der Waals surface area contributed by atoms with E-state index in [0.717, 1.165) is 53.2 Å². The van der Waals surface area contributed by atoms with Crippen LogP contribution in [0.25, 0.3) is 11.2 Å². The molecule has 0 amide bonds. The lowest BCUT2D eigenvalue weighted by Gasteiger charge is -2.36. The Bertz CT molecular complexity index is 972. The molecule has 0 spiro atoms. The Labute approximate surface area is 155 Å². The first-order chi connectivity index (χ1) is 13.3. The molecule has 2 saturated heterocycles. The Kier molecular flexibility index (Phi) is 3.49. The third-order valence-corrected chi connectivity index (χ3v) is 5.98. The normalized spacial score (nSPS) is 29.8. The van der Waals surface area contributed by atoms with Crippen LogP contribution in [-0.2, 0) is 9.47 Å². The summed E-state index contributed by atoms with van der Waals surface area (Å²) in [4.78, 5) is 0. The van der Waals surface area contributed by atoms with Gasteiger partial charge in [0.1, 0.15) is 0 Å². The van der Waals surface area contributed by atoms with Gasteiger partial charge in [0.25, 0.3) is 0 Å². The quantitative estimate of drug-likeness (QED) is 0.616. The van der Waals surface area contributed by atoms with E-state index in [1.807, 2.05) is 18.2 Å². The third-order valence-electron chi connectivity index (χ3n) is 5.98. The molecule has 0 saturated carbocycles. The second-order valence-corrected chi connectivity index (χ2v) is 7.58. The number of hydrogen-bond acceptors (Lipinski definition) is 6. The molecule has 6 heteroatoms. The average Bonchev–Trinajstić information content (AvgIpc) is 3.08. The lowest BCUT2D eigenvalue weighted by molar-refractivity contribution is -0.0781. The summed E-state index contributed by atoms with van der Waals surface area (Å²) >= 11 is 0. The van der Waals surface area contributed by atoms with Crippen molar-refractivity contribution in [1.82, 2.24) is 0 Å². The highest BCUT2D eigenvalue weighted by molar-refractivity contribution is 5.71. The molecule has 4 atom stereocenters. The molecule has 1 aromatic heterocycles. The van der Waals surface area contributed by atoms with Crippen molar-refractivity contribution >= 4 is 11.2 Å². The van der Waals surface area contributed by atoms with Crippen LogP contribution in [0, 0.1) is 11.8 Å². The molecule has 6 rings (SSSR count). The standard InChI is InChI=1S/C21H20O6/c1-3-16-18(25-11-24-16)8-12(1)20-14-5-6-22-21(15(7-14)10-23-20)13-2-4-17-19(9-13)27-26-17/h1-4,8-9,14-15,20-21H,5-7,10-11H2/t14-,15+,20+,21+/m0/s1. The molecule has 6 nitrogen and oxygen atoms in total. The molecule has 2 aromatic carbocycles. The first-order valence-electron chi connectivity index (χ1n) is 9.46. The van der Waals surface area contributed by atoms with Gasteiger partial charge in [-0.25, -0.2) is 0 Å². The zero-order valence-corrected chi connectivity index (χ0v) is 14.8. The number of rotatable bonds is 2. The van der Waals surface area contributed by atoms with Gasteiger partial charge in [-0.1, -0.05) is 12.1 Å². The van der Waals surface area contributed by atoms with Crippen molar-refractivity contribution in [2.45, 2.75) is 25.0 Å². The van der Waals surface area contributed by atoms with Gasteiger partial charge in [0.15, 0.2) is 11.5 Å². The summed E-state index contributed by atoms with van der Waals surface area (Å²) in [6, 6.07) is 12.2. The Balaban J connectivity index is 1.25. The predicted molar refractivity (Wildman–Crippen MR) is 94.6 cm³/mol. The Hall–Kier alpha value is -2.44. The van der Waals surface area contributed by atoms with Crippen LogP contribution in [0.5, 0.6) is 11.5 Å². The fraction of sp³-hybridized carbons (Fsp3) is 0.429. The number of ether oxygens (including phenoxy) is 4. The summed E-state index contributed by atoms with van der Waals surface area (Å²) in [5, 5.41) is 0. The maximum Gasteiger partial charge on any atom is 0.231 e. The number of fused-ring (bicyclic) bond motifs is 4. The van der Waals surface area contributed by atoms with Crippen LogP contribution < -0.4 is 9.47 Å². The summed E-state index contributed by atoms with van der Waals surface area (Å²) in [6.07, 6.45) is 2.17. The SMILES string of the molecule is c1cc2c(cc1[C@H]1OC[C@H]3C[C@@H]1CCO[C@@H]3c1ccc3ooc3c1)OCO2. The molecule has 0 unspecified atom stereocenters. The largest absolute Gasteiger partial charge is 0.454 e. The Morgan fingerprint density at radius 2 is 1.56 bits per heavy atom. The van der Waals surface area contributed by atoms with E-state index >= 15 is 0 Å². The van der Waals surface area contributed by atoms with Gasteiger partial charge in [0.05, 0.1) is 18.8 Å². The van der Waals surface area contributed by atoms with Crippen LogP contribution >= 0.6 is 0 Å². The van der Waals surface area contributed by atoms with Crippen molar-refractivity contribution in [3.05, 3.63) is 47.5 Å². The molecule has 0 aliphatic carbocycles. The van der Waals surface area contributed by atoms with Crippen molar-refractivity contribution in [1.29, 1.82) is 0 Å². The van der Waals surface area contributed by atoms with Gasteiger partial charge in [-0.3, -0.25) is 9.15 Å². The van der Waals surface area contributed by atoms with Gasteiger partial charge in [-0.05, 0) is 54.2 Å². The summed E-state index contributed by atoms with van der Waals surface area (Å²) in [5.74, 6) is 2.39. The lowest BCUT2D eigenvalue weighted by Crippen LogP contribution is -2.30. The lowest BCUT2D eigenvalue weighted by atomic mass is 9.80. The molecular weight excluding hydrogens is 348 g/mol. The Morgan fingerprint density at radius 3 is 2.44 bits per heavy atom. The molecule has 4 heterocycles. The summed E-state index contributed by atoms with van der Waals surface area (Å²) < 4.78 is 33.6. The molecule has 27 heavy (non-hydrogen) atoms. The second-order valence-electron chi connectivity index (χ2n) is 7.58. The molecule has 0 N–H and O–H groups in total. The average molecular weight is 368 g/mol. The van der Waals surface area contributed by atoms with E-state index in [2.05, 4.69) is 18.2 Å². The fourth-order valence-electron chi connectivity index (χ4n) is 4.62. The number of benzene rings is 2. The van der Waals surface area contributed by atoms with Crippen molar-refractivity contribution in [2.75, 3.05) is 20.0 Å². The topological polar surface area (TPSA) is 63.2 Å². The van der Waals surface area contributed by atoms with E-state index in [4.69, 9.17) is 28.1 Å². The molecule has 3 aliphatic rings. The van der Waals surface area contributed by atoms with Crippen molar-refractivity contribution < 1.29 is 28.1 Å². The van der Waals surface area contributed by atoms with E-state index < -0.39 is 0 Å². The summed E-state index contributed by atoms with van der Waals surface area (Å²) in [7, 11) is 0. The van der Waals surface area contributed by atoms with E-state index in [-0.39, 0.29) is 12.2 Å². The highest BCUT2D eigenvalue weighted by Gasteiger charge is 2.39. The first-order valence-corrected chi connectivity index (χ1v) is 9.46. The molecule has 3 aliphatic heterocycles. The minimum Gasteiger partial charge on any atom is -0.454 e. The van der Waals surface area contributed by atoms with Gasteiger partial charge in [-0.2, -0.15) is 0 Å². The molecular formula is C21H20O6. The third kappa shape index (κ3) is 2.55. The highest BCUT2D eigenvalue weighted by atomic mass is 17.0. The Morgan fingerprint density at radius 1 is 0.741 bits per heavy atom. The van der Waals surface area contributed by atoms with Gasteiger partial charge in [0, 0.05) is 12.5 Å². The summed E-state index contributed by atoms with van der Waals surface area (Å²) in [6.45, 7) is 1.69. The minimum atomic E-state index is 0.0298. The van der Waals surface area contributed by atoms with Crippen LogP contribution in [0.2, 0.25) is 0 Å². The van der Waals surface area contributed by atoms with Gasteiger partial charge in [0.2, 0.25) is 18.0 Å². The van der Waals surface area contributed by atoms with E-state index in [1.54, 1.807) is 0 Å². The first kappa shape index (κ1) is 15.6. The van der Waals surface area contributed by atoms with Crippen LogP contribution in [0.3, 0.4) is 0 Å². The predicted octanol–water partition coefficient (Wildman–Crippen LogP) is 4.61. The van der Waals surface area contributed by atoms with Gasteiger partial charge >= 0.3 is 0 Å². The van der Waals surface area contributed by atoms with Crippen LogP contribution in [0.15, 0.2) is 45.6 Å². The van der Waals surface area contributed by atoms with E-state index in [9.17, 15) is 0 Å². The molecule has 2 fully saturated rings. The van der Waals surface area contributed by atoms with Gasteiger partial charge < -0.3 is 18.9 Å². The molecule has 0 radical (unpaired) electrons. The second kappa shape index (κ2) is 6.04. The van der Waals surface area contributed by atoms with Crippen molar-refractivity contribution in [2.24, 2.45) is 11.8 Å². The van der Waals surface area contributed by atoms with E-state index in [0.29, 0.717) is 25.2 Å². The zero-order chi connectivity index (χ0) is 17.8. The molecule has 3 aromatic rings. The monoisotopic (exact) mass is 368 g/mol. The molecule has 140 valence electrons. The molecule has 2 bridgehead atoms. The van der Waals surface area contributed by atoms with Crippen molar-refractivity contribution in [3.63, 3.8) is 0 Å². The van der Waals surface area contributed by atoms with Crippen molar-refractivity contribution in [3.8, 4) is 11.5 Å². The number of hydrogen-bond donors (Lipinski definition) is 0. The smallest absolute Gasteiger partial charge is 0.231 e. The van der Waals surface area contributed by atoms with Crippen LogP contribution in [0.1, 0.15) is 36.2 Å². The van der Waals surface area contributed by atoms with Crippen LogP contribution in [-0.4, -0.2) is 20.0 Å². The van der Waals surface area contributed by atoms with E-state index in [1.165, 1.54) is 0 Å².